The van der Waals surface area contributed by atoms with Crippen LogP contribution >= 0.6 is 0 Å². The van der Waals surface area contributed by atoms with E-state index in [1.807, 2.05) is 19.1 Å². The van der Waals surface area contributed by atoms with Gasteiger partial charge in [-0.25, -0.2) is 0 Å². The average molecular weight is 249 g/mol. The first kappa shape index (κ1) is 13.2. The van der Waals surface area contributed by atoms with Crippen molar-refractivity contribution in [3.63, 3.8) is 0 Å². The fourth-order valence-corrected chi connectivity index (χ4v) is 2.95. The van der Waals surface area contributed by atoms with Gasteiger partial charge >= 0.3 is 0 Å². The number of rotatable bonds is 3. The molecule has 0 spiro atoms. The number of aryl methyl sites for hydroxylation is 1. The molecular weight excluding hydrogens is 226 g/mol. The summed E-state index contributed by atoms with van der Waals surface area (Å²) in [6, 6.07) is 4.03. The van der Waals surface area contributed by atoms with Gasteiger partial charge in [-0.2, -0.15) is 0 Å². The SMILES string of the molecule is COc1cc(C)c(OC)c(C2(N)CCCCC2)c1. The summed E-state index contributed by atoms with van der Waals surface area (Å²) < 4.78 is 10.9. The van der Waals surface area contributed by atoms with Gasteiger partial charge in [-0.3, -0.25) is 0 Å². The van der Waals surface area contributed by atoms with Crippen LogP contribution < -0.4 is 15.2 Å². The molecular formula is C15H23NO2. The molecule has 0 saturated heterocycles. The van der Waals surface area contributed by atoms with Gasteiger partial charge in [0.15, 0.2) is 0 Å². The number of nitrogens with two attached hydrogens (primary N) is 1. The van der Waals surface area contributed by atoms with Gasteiger partial charge in [0.1, 0.15) is 11.5 Å². The quantitative estimate of drug-likeness (QED) is 0.895. The van der Waals surface area contributed by atoms with Crippen LogP contribution in [0.5, 0.6) is 11.5 Å². The molecule has 2 rings (SSSR count). The zero-order chi connectivity index (χ0) is 13.2. The first-order chi connectivity index (χ1) is 8.60. The molecule has 1 fully saturated rings. The molecule has 18 heavy (non-hydrogen) atoms. The number of hydrogen-bond acceptors (Lipinski definition) is 3. The van der Waals surface area contributed by atoms with Crippen molar-refractivity contribution in [1.82, 2.24) is 0 Å². The van der Waals surface area contributed by atoms with Crippen LogP contribution in [0.3, 0.4) is 0 Å². The molecule has 0 unspecified atom stereocenters. The first-order valence-electron chi connectivity index (χ1n) is 6.63. The summed E-state index contributed by atoms with van der Waals surface area (Å²) in [5.74, 6) is 1.78. The van der Waals surface area contributed by atoms with Gasteiger partial charge in [0.2, 0.25) is 0 Å². The Labute approximate surface area is 109 Å². The summed E-state index contributed by atoms with van der Waals surface area (Å²) in [7, 11) is 3.40. The van der Waals surface area contributed by atoms with Crippen LogP contribution in [0.4, 0.5) is 0 Å². The largest absolute Gasteiger partial charge is 0.497 e. The minimum atomic E-state index is -0.261. The highest BCUT2D eigenvalue weighted by atomic mass is 16.5. The standard InChI is InChI=1S/C15H23NO2/c1-11-9-12(17-2)10-13(14(11)18-3)15(16)7-5-4-6-8-15/h9-10H,4-8,16H2,1-3H3. The highest BCUT2D eigenvalue weighted by molar-refractivity contribution is 5.50. The molecule has 3 heteroatoms. The number of methoxy groups -OCH3 is 2. The molecule has 0 radical (unpaired) electrons. The Kier molecular flexibility index (Phi) is 3.81. The molecule has 0 aromatic heterocycles. The van der Waals surface area contributed by atoms with E-state index in [0.717, 1.165) is 35.5 Å². The monoisotopic (exact) mass is 249 g/mol. The number of ether oxygens (including phenoxy) is 2. The van der Waals surface area contributed by atoms with E-state index in [9.17, 15) is 0 Å². The Morgan fingerprint density at radius 2 is 1.72 bits per heavy atom. The average Bonchev–Trinajstić information content (AvgIpc) is 2.38. The van der Waals surface area contributed by atoms with E-state index in [4.69, 9.17) is 15.2 Å². The highest BCUT2D eigenvalue weighted by Crippen LogP contribution is 2.42. The van der Waals surface area contributed by atoms with Crippen molar-refractivity contribution in [3.8, 4) is 11.5 Å². The van der Waals surface area contributed by atoms with Crippen LogP contribution in [0, 0.1) is 6.92 Å². The lowest BCUT2D eigenvalue weighted by Crippen LogP contribution is -2.39. The summed E-state index contributed by atoms with van der Waals surface area (Å²) >= 11 is 0. The molecule has 3 nitrogen and oxygen atoms in total. The number of hydrogen-bond donors (Lipinski definition) is 1. The molecule has 2 N–H and O–H groups in total. The van der Waals surface area contributed by atoms with E-state index in [2.05, 4.69) is 0 Å². The molecule has 0 amide bonds. The molecule has 1 aliphatic carbocycles. The van der Waals surface area contributed by atoms with Crippen molar-refractivity contribution in [2.24, 2.45) is 5.73 Å². The molecule has 1 aromatic rings. The van der Waals surface area contributed by atoms with E-state index in [0.29, 0.717) is 0 Å². The van der Waals surface area contributed by atoms with Gasteiger partial charge in [0, 0.05) is 11.1 Å². The Morgan fingerprint density at radius 1 is 1.06 bits per heavy atom. The van der Waals surface area contributed by atoms with Crippen LogP contribution in [0.15, 0.2) is 12.1 Å². The normalized spacial score (nSPS) is 18.4. The summed E-state index contributed by atoms with van der Waals surface area (Å²) in [6.07, 6.45) is 5.71. The Morgan fingerprint density at radius 3 is 2.28 bits per heavy atom. The second kappa shape index (κ2) is 5.19. The lowest BCUT2D eigenvalue weighted by atomic mass is 9.76. The number of benzene rings is 1. The molecule has 0 heterocycles. The van der Waals surface area contributed by atoms with Crippen LogP contribution in [-0.2, 0) is 5.54 Å². The molecule has 0 bridgehead atoms. The maximum absolute atomic E-state index is 6.61. The highest BCUT2D eigenvalue weighted by Gasteiger charge is 2.33. The third kappa shape index (κ3) is 2.32. The lowest BCUT2D eigenvalue weighted by Gasteiger charge is -2.35. The lowest BCUT2D eigenvalue weighted by molar-refractivity contribution is 0.286. The minimum Gasteiger partial charge on any atom is -0.497 e. The van der Waals surface area contributed by atoms with E-state index >= 15 is 0 Å². The van der Waals surface area contributed by atoms with Gasteiger partial charge < -0.3 is 15.2 Å². The first-order valence-corrected chi connectivity index (χ1v) is 6.63. The van der Waals surface area contributed by atoms with Crippen LogP contribution in [0.1, 0.15) is 43.2 Å². The Bertz CT molecular complexity index is 423. The predicted molar refractivity (Wildman–Crippen MR) is 73.2 cm³/mol. The van der Waals surface area contributed by atoms with Crippen molar-refractivity contribution in [2.75, 3.05) is 14.2 Å². The molecule has 1 aromatic carbocycles. The second-order valence-electron chi connectivity index (χ2n) is 5.24. The fraction of sp³-hybridized carbons (Fsp3) is 0.600. The molecule has 100 valence electrons. The van der Waals surface area contributed by atoms with Crippen molar-refractivity contribution >= 4 is 0 Å². The predicted octanol–water partition coefficient (Wildman–Crippen LogP) is 3.13. The van der Waals surface area contributed by atoms with E-state index in [1.54, 1.807) is 14.2 Å². The van der Waals surface area contributed by atoms with Crippen molar-refractivity contribution in [1.29, 1.82) is 0 Å². The molecule has 1 saturated carbocycles. The maximum Gasteiger partial charge on any atom is 0.127 e. The van der Waals surface area contributed by atoms with Crippen LogP contribution in [0.25, 0.3) is 0 Å². The van der Waals surface area contributed by atoms with Crippen LogP contribution in [0.2, 0.25) is 0 Å². The summed E-state index contributed by atoms with van der Waals surface area (Å²) in [5.41, 5.74) is 8.54. The third-order valence-corrected chi connectivity index (χ3v) is 3.97. The van der Waals surface area contributed by atoms with Gasteiger partial charge in [-0.1, -0.05) is 19.3 Å². The summed E-state index contributed by atoms with van der Waals surface area (Å²) in [5, 5.41) is 0. The second-order valence-corrected chi connectivity index (χ2v) is 5.24. The summed E-state index contributed by atoms with van der Waals surface area (Å²) in [6.45, 7) is 2.04. The zero-order valence-corrected chi connectivity index (χ0v) is 11.6. The smallest absolute Gasteiger partial charge is 0.127 e. The topological polar surface area (TPSA) is 44.5 Å². The molecule has 0 atom stereocenters. The van der Waals surface area contributed by atoms with Gasteiger partial charge in [0.05, 0.1) is 14.2 Å². The fourth-order valence-electron chi connectivity index (χ4n) is 2.95. The maximum atomic E-state index is 6.61. The zero-order valence-electron chi connectivity index (χ0n) is 11.6. The Balaban J connectivity index is 2.49. The van der Waals surface area contributed by atoms with Crippen LogP contribution in [-0.4, -0.2) is 14.2 Å². The minimum absolute atomic E-state index is 0.261. The Hall–Kier alpha value is -1.22. The van der Waals surface area contributed by atoms with E-state index < -0.39 is 0 Å². The van der Waals surface area contributed by atoms with Gasteiger partial charge in [-0.15, -0.1) is 0 Å². The van der Waals surface area contributed by atoms with Crippen molar-refractivity contribution < 1.29 is 9.47 Å². The summed E-state index contributed by atoms with van der Waals surface area (Å²) in [4.78, 5) is 0. The van der Waals surface area contributed by atoms with Gasteiger partial charge in [-0.05, 0) is 37.5 Å². The van der Waals surface area contributed by atoms with E-state index in [1.165, 1.54) is 19.3 Å². The van der Waals surface area contributed by atoms with Crippen molar-refractivity contribution in [3.05, 3.63) is 23.3 Å². The van der Waals surface area contributed by atoms with Crippen molar-refractivity contribution in [2.45, 2.75) is 44.6 Å². The molecule has 1 aliphatic rings. The van der Waals surface area contributed by atoms with Gasteiger partial charge in [0.25, 0.3) is 0 Å². The third-order valence-electron chi connectivity index (χ3n) is 3.97. The molecule has 0 aliphatic heterocycles. The van der Waals surface area contributed by atoms with E-state index in [-0.39, 0.29) is 5.54 Å².